The molecule has 0 amide bonds. The second-order valence-electron chi connectivity index (χ2n) is 3.62. The van der Waals surface area contributed by atoms with Gasteiger partial charge in [-0.25, -0.2) is 4.39 Å². The first-order chi connectivity index (χ1) is 7.29. The number of fused-ring (bicyclic) bond motifs is 1. The van der Waals surface area contributed by atoms with Gasteiger partial charge in [0.05, 0.1) is 6.61 Å². The zero-order valence-electron chi connectivity index (χ0n) is 8.37. The van der Waals surface area contributed by atoms with Crippen LogP contribution in [-0.2, 0) is 6.42 Å². The first-order valence-electron chi connectivity index (χ1n) is 5.06. The fourth-order valence-corrected chi connectivity index (χ4v) is 1.74. The van der Waals surface area contributed by atoms with Crippen molar-refractivity contribution in [3.63, 3.8) is 0 Å². The fourth-order valence-electron chi connectivity index (χ4n) is 1.74. The third-order valence-electron chi connectivity index (χ3n) is 2.42. The maximum absolute atomic E-state index is 12.9. The summed E-state index contributed by atoms with van der Waals surface area (Å²) in [7, 11) is 0. The van der Waals surface area contributed by atoms with E-state index in [1.165, 1.54) is 12.1 Å². The Balaban J connectivity index is 1.91. The molecule has 0 saturated heterocycles. The lowest BCUT2D eigenvalue weighted by atomic mass is 10.1. The van der Waals surface area contributed by atoms with Crippen LogP contribution in [0, 0.1) is 5.82 Å². The Morgan fingerprint density at radius 3 is 3.20 bits per heavy atom. The summed E-state index contributed by atoms with van der Waals surface area (Å²) >= 11 is 0. The average Bonchev–Trinajstić information content (AvgIpc) is 2.60. The summed E-state index contributed by atoms with van der Waals surface area (Å²) in [5, 5.41) is 11.7. The number of hydrogen-bond acceptors (Lipinski definition) is 3. The van der Waals surface area contributed by atoms with Crippen molar-refractivity contribution in [2.45, 2.75) is 12.5 Å². The van der Waals surface area contributed by atoms with Crippen LogP contribution in [0.15, 0.2) is 18.2 Å². The van der Waals surface area contributed by atoms with Gasteiger partial charge in [-0.05, 0) is 18.2 Å². The van der Waals surface area contributed by atoms with Crippen LogP contribution in [0.4, 0.5) is 4.39 Å². The monoisotopic (exact) mass is 211 g/mol. The summed E-state index contributed by atoms with van der Waals surface area (Å²) in [6.07, 6.45) is 0.777. The van der Waals surface area contributed by atoms with Gasteiger partial charge in [-0.3, -0.25) is 0 Å². The van der Waals surface area contributed by atoms with E-state index in [-0.39, 0.29) is 18.5 Å². The van der Waals surface area contributed by atoms with Crippen LogP contribution in [0.5, 0.6) is 5.75 Å². The normalized spacial score (nSPS) is 18.7. The van der Waals surface area contributed by atoms with E-state index in [1.54, 1.807) is 6.07 Å². The number of ether oxygens (including phenoxy) is 1. The lowest BCUT2D eigenvalue weighted by Crippen LogP contribution is -2.31. The SMILES string of the molecule is OCCNCC1Cc2cc(F)ccc2O1. The third kappa shape index (κ3) is 2.46. The van der Waals surface area contributed by atoms with Crippen molar-refractivity contribution in [3.8, 4) is 5.75 Å². The van der Waals surface area contributed by atoms with E-state index in [4.69, 9.17) is 9.84 Å². The van der Waals surface area contributed by atoms with Crippen LogP contribution in [-0.4, -0.2) is 30.9 Å². The Morgan fingerprint density at radius 1 is 1.53 bits per heavy atom. The summed E-state index contributed by atoms with van der Waals surface area (Å²) in [6, 6.07) is 4.58. The number of aliphatic hydroxyl groups excluding tert-OH is 1. The van der Waals surface area contributed by atoms with Gasteiger partial charge in [0.15, 0.2) is 0 Å². The van der Waals surface area contributed by atoms with Crippen molar-refractivity contribution in [2.75, 3.05) is 19.7 Å². The Labute approximate surface area is 87.9 Å². The molecule has 15 heavy (non-hydrogen) atoms. The topological polar surface area (TPSA) is 41.5 Å². The molecule has 0 aliphatic carbocycles. The average molecular weight is 211 g/mol. The van der Waals surface area contributed by atoms with Crippen molar-refractivity contribution in [2.24, 2.45) is 0 Å². The Bertz CT molecular complexity index is 343. The summed E-state index contributed by atoms with van der Waals surface area (Å²) in [4.78, 5) is 0. The third-order valence-corrected chi connectivity index (χ3v) is 2.42. The minimum absolute atomic E-state index is 0.0494. The molecule has 1 aliphatic rings. The van der Waals surface area contributed by atoms with Gasteiger partial charge in [-0.1, -0.05) is 0 Å². The molecule has 0 aromatic heterocycles. The van der Waals surface area contributed by atoms with E-state index in [2.05, 4.69) is 5.32 Å². The number of halogens is 1. The quantitative estimate of drug-likeness (QED) is 0.721. The highest BCUT2D eigenvalue weighted by Gasteiger charge is 2.22. The van der Waals surface area contributed by atoms with Crippen LogP contribution in [0.25, 0.3) is 0 Å². The van der Waals surface area contributed by atoms with Crippen molar-refractivity contribution in [3.05, 3.63) is 29.6 Å². The molecule has 4 heteroatoms. The predicted octanol–water partition coefficient (Wildman–Crippen LogP) is 0.711. The van der Waals surface area contributed by atoms with Crippen molar-refractivity contribution in [1.82, 2.24) is 5.32 Å². The molecule has 82 valence electrons. The highest BCUT2D eigenvalue weighted by atomic mass is 19.1. The van der Waals surface area contributed by atoms with Crippen molar-refractivity contribution < 1.29 is 14.2 Å². The highest BCUT2D eigenvalue weighted by molar-refractivity contribution is 5.37. The van der Waals surface area contributed by atoms with Gasteiger partial charge in [-0.2, -0.15) is 0 Å². The first kappa shape index (κ1) is 10.4. The lowest BCUT2D eigenvalue weighted by molar-refractivity contribution is 0.219. The Morgan fingerprint density at radius 2 is 2.40 bits per heavy atom. The van der Waals surface area contributed by atoms with Gasteiger partial charge in [-0.15, -0.1) is 0 Å². The van der Waals surface area contributed by atoms with E-state index < -0.39 is 0 Å². The number of rotatable bonds is 4. The summed E-state index contributed by atoms with van der Waals surface area (Å²) < 4.78 is 18.5. The summed E-state index contributed by atoms with van der Waals surface area (Å²) in [5.41, 5.74) is 0.922. The van der Waals surface area contributed by atoms with E-state index in [1.807, 2.05) is 0 Å². The molecular formula is C11H14FNO2. The molecule has 1 aromatic carbocycles. The molecule has 0 saturated carbocycles. The molecule has 2 rings (SSSR count). The van der Waals surface area contributed by atoms with Crippen LogP contribution in [0.3, 0.4) is 0 Å². The zero-order chi connectivity index (χ0) is 10.7. The molecule has 1 unspecified atom stereocenters. The molecule has 1 atom stereocenters. The molecule has 1 heterocycles. The molecule has 1 aliphatic heterocycles. The largest absolute Gasteiger partial charge is 0.488 e. The molecule has 0 radical (unpaired) electrons. The zero-order valence-corrected chi connectivity index (χ0v) is 8.37. The van der Waals surface area contributed by atoms with Gasteiger partial charge in [0.25, 0.3) is 0 Å². The van der Waals surface area contributed by atoms with Gasteiger partial charge >= 0.3 is 0 Å². The van der Waals surface area contributed by atoms with Gasteiger partial charge in [0.1, 0.15) is 17.7 Å². The van der Waals surface area contributed by atoms with Gasteiger partial charge < -0.3 is 15.2 Å². The molecule has 3 nitrogen and oxygen atoms in total. The summed E-state index contributed by atoms with van der Waals surface area (Å²) in [6.45, 7) is 1.36. The number of benzene rings is 1. The first-order valence-corrected chi connectivity index (χ1v) is 5.06. The molecular weight excluding hydrogens is 197 g/mol. The highest BCUT2D eigenvalue weighted by Crippen LogP contribution is 2.28. The van der Waals surface area contributed by atoms with E-state index in [0.29, 0.717) is 13.1 Å². The second-order valence-corrected chi connectivity index (χ2v) is 3.62. The summed E-state index contributed by atoms with van der Waals surface area (Å²) in [5.74, 6) is 0.550. The van der Waals surface area contributed by atoms with Crippen LogP contribution < -0.4 is 10.1 Å². The van der Waals surface area contributed by atoms with Gasteiger partial charge in [0.2, 0.25) is 0 Å². The van der Waals surface area contributed by atoms with E-state index >= 15 is 0 Å². The van der Waals surface area contributed by atoms with Crippen LogP contribution >= 0.6 is 0 Å². The number of nitrogens with one attached hydrogen (secondary N) is 1. The smallest absolute Gasteiger partial charge is 0.123 e. The van der Waals surface area contributed by atoms with Crippen LogP contribution in [0.1, 0.15) is 5.56 Å². The van der Waals surface area contributed by atoms with Crippen LogP contribution in [0.2, 0.25) is 0 Å². The lowest BCUT2D eigenvalue weighted by Gasteiger charge is -2.10. The van der Waals surface area contributed by atoms with Gasteiger partial charge in [0, 0.05) is 25.1 Å². The Kier molecular flexibility index (Phi) is 3.18. The van der Waals surface area contributed by atoms with Crippen molar-refractivity contribution >= 4 is 0 Å². The predicted molar refractivity (Wildman–Crippen MR) is 54.5 cm³/mol. The van der Waals surface area contributed by atoms with E-state index in [0.717, 1.165) is 17.7 Å². The molecule has 2 N–H and O–H groups in total. The molecule has 0 bridgehead atoms. The maximum Gasteiger partial charge on any atom is 0.123 e. The maximum atomic E-state index is 12.9. The second kappa shape index (κ2) is 4.59. The molecule has 0 spiro atoms. The Hall–Kier alpha value is -1.13. The fraction of sp³-hybridized carbons (Fsp3) is 0.455. The minimum Gasteiger partial charge on any atom is -0.488 e. The van der Waals surface area contributed by atoms with E-state index in [9.17, 15) is 4.39 Å². The molecule has 0 fully saturated rings. The van der Waals surface area contributed by atoms with Crippen molar-refractivity contribution in [1.29, 1.82) is 0 Å². The number of hydrogen-bond donors (Lipinski definition) is 2. The molecule has 1 aromatic rings. The minimum atomic E-state index is -0.221. The number of aliphatic hydroxyl groups is 1. The standard InChI is InChI=1S/C11H14FNO2/c12-9-1-2-11-8(5-9)6-10(15-11)7-13-3-4-14/h1-2,5,10,13-14H,3-4,6-7H2.